The van der Waals surface area contributed by atoms with Crippen LogP contribution in [0, 0.1) is 18.8 Å². The van der Waals surface area contributed by atoms with Crippen LogP contribution < -0.4 is 10.5 Å². The van der Waals surface area contributed by atoms with E-state index in [0.717, 1.165) is 37.1 Å². The van der Waals surface area contributed by atoms with E-state index in [-0.39, 0.29) is 0 Å². The predicted octanol–water partition coefficient (Wildman–Crippen LogP) is 3.30. The topological polar surface area (TPSA) is 61.0 Å². The fourth-order valence-corrected chi connectivity index (χ4v) is 2.46. The Morgan fingerprint density at radius 3 is 2.75 bits per heavy atom. The van der Waals surface area contributed by atoms with Gasteiger partial charge >= 0.3 is 0 Å². The van der Waals surface area contributed by atoms with E-state index in [0.29, 0.717) is 30.1 Å². The summed E-state index contributed by atoms with van der Waals surface area (Å²) in [6.45, 7) is 7.01. The second-order valence-corrected chi connectivity index (χ2v) is 5.70. The molecule has 1 aromatic heterocycles. The molecule has 0 fully saturated rings. The molecule has 0 bridgehead atoms. The molecule has 0 aromatic carbocycles. The van der Waals surface area contributed by atoms with Gasteiger partial charge in [0.25, 0.3) is 0 Å². The van der Waals surface area contributed by atoms with Gasteiger partial charge in [0.2, 0.25) is 5.88 Å². The first-order valence-electron chi connectivity index (χ1n) is 7.52. The largest absolute Gasteiger partial charge is 0.477 e. The minimum atomic E-state index is 0.537. The number of aryl methyl sites for hydroxylation is 1. The van der Waals surface area contributed by atoms with Crippen LogP contribution >= 0.6 is 0 Å². The number of ether oxygens (including phenoxy) is 1. The van der Waals surface area contributed by atoms with Gasteiger partial charge in [-0.2, -0.15) is 4.98 Å². The van der Waals surface area contributed by atoms with Crippen LogP contribution in [0.3, 0.4) is 0 Å². The fourth-order valence-electron chi connectivity index (χ4n) is 2.46. The Morgan fingerprint density at radius 1 is 1.30 bits per heavy atom. The lowest BCUT2D eigenvalue weighted by Crippen LogP contribution is -2.22. The van der Waals surface area contributed by atoms with Crippen molar-refractivity contribution in [3.05, 3.63) is 23.5 Å². The maximum absolute atomic E-state index is 5.95. The number of rotatable bonds is 5. The number of aromatic nitrogens is 2. The summed E-state index contributed by atoms with van der Waals surface area (Å²) in [6.07, 6.45) is 8.57. The van der Waals surface area contributed by atoms with Crippen molar-refractivity contribution < 1.29 is 4.74 Å². The Bertz CT molecular complexity index is 485. The summed E-state index contributed by atoms with van der Waals surface area (Å²) in [6, 6.07) is 0. The second kappa shape index (κ2) is 6.73. The number of hydrogen-bond acceptors (Lipinski definition) is 4. The van der Waals surface area contributed by atoms with E-state index in [9.17, 15) is 0 Å². The van der Waals surface area contributed by atoms with E-state index < -0.39 is 0 Å². The first-order valence-corrected chi connectivity index (χ1v) is 7.52. The van der Waals surface area contributed by atoms with Gasteiger partial charge in [-0.1, -0.05) is 26.0 Å². The molecule has 0 saturated carbocycles. The third kappa shape index (κ3) is 3.50. The van der Waals surface area contributed by atoms with Crippen LogP contribution in [0.2, 0.25) is 0 Å². The van der Waals surface area contributed by atoms with E-state index in [1.807, 2.05) is 6.92 Å². The standard InChI is InChI=1S/C16H25N3O/c1-4-7-14-18-15(17)12(3)16(19-14)20-10-13-9-6-5-8-11(13)2/h5-6,11,13H,4,7-10H2,1-3H3,(H2,17,18,19). The zero-order valence-corrected chi connectivity index (χ0v) is 12.7. The average molecular weight is 275 g/mol. The van der Waals surface area contributed by atoms with Crippen LogP contribution in [-0.2, 0) is 6.42 Å². The number of nitrogens with two attached hydrogens (primary N) is 1. The summed E-state index contributed by atoms with van der Waals surface area (Å²) in [5.41, 5.74) is 6.80. The van der Waals surface area contributed by atoms with Crippen molar-refractivity contribution in [3.63, 3.8) is 0 Å². The van der Waals surface area contributed by atoms with Crippen LogP contribution in [0.4, 0.5) is 5.82 Å². The smallest absolute Gasteiger partial charge is 0.221 e. The third-order valence-electron chi connectivity index (χ3n) is 4.01. The van der Waals surface area contributed by atoms with Crippen LogP contribution in [-0.4, -0.2) is 16.6 Å². The van der Waals surface area contributed by atoms with E-state index in [1.165, 1.54) is 0 Å². The van der Waals surface area contributed by atoms with Crippen molar-refractivity contribution in [2.45, 2.75) is 46.5 Å². The SMILES string of the molecule is CCCc1nc(N)c(C)c(OCC2CC=CCC2C)n1. The van der Waals surface area contributed by atoms with Crippen LogP contribution in [0.25, 0.3) is 0 Å². The Labute approximate surface area is 121 Å². The van der Waals surface area contributed by atoms with Crippen LogP contribution in [0.15, 0.2) is 12.2 Å². The highest BCUT2D eigenvalue weighted by Crippen LogP contribution is 2.27. The Balaban J connectivity index is 2.06. The molecule has 0 radical (unpaired) electrons. The summed E-state index contributed by atoms with van der Waals surface area (Å²) >= 11 is 0. The number of nitrogen functional groups attached to an aromatic ring is 1. The number of hydrogen-bond donors (Lipinski definition) is 1. The molecule has 0 saturated heterocycles. The maximum Gasteiger partial charge on any atom is 0.221 e. The molecule has 2 N–H and O–H groups in total. The zero-order valence-electron chi connectivity index (χ0n) is 12.7. The lowest BCUT2D eigenvalue weighted by molar-refractivity contribution is 0.191. The summed E-state index contributed by atoms with van der Waals surface area (Å²) in [7, 11) is 0. The Morgan fingerprint density at radius 2 is 2.05 bits per heavy atom. The maximum atomic E-state index is 5.95. The molecule has 2 atom stereocenters. The molecule has 4 heteroatoms. The highest BCUT2D eigenvalue weighted by atomic mass is 16.5. The third-order valence-corrected chi connectivity index (χ3v) is 4.01. The summed E-state index contributed by atoms with van der Waals surface area (Å²) < 4.78 is 5.95. The van der Waals surface area contributed by atoms with Gasteiger partial charge in [-0.3, -0.25) is 0 Å². The molecular weight excluding hydrogens is 250 g/mol. The molecule has 1 aromatic rings. The van der Waals surface area contributed by atoms with E-state index >= 15 is 0 Å². The van der Waals surface area contributed by atoms with Gasteiger partial charge in [0.15, 0.2) is 0 Å². The van der Waals surface area contributed by atoms with Crippen LogP contribution in [0.1, 0.15) is 44.5 Å². The minimum absolute atomic E-state index is 0.537. The highest BCUT2D eigenvalue weighted by Gasteiger charge is 2.20. The zero-order chi connectivity index (χ0) is 14.5. The molecule has 1 aliphatic carbocycles. The minimum Gasteiger partial charge on any atom is -0.477 e. The van der Waals surface area contributed by atoms with Crippen molar-refractivity contribution in [3.8, 4) is 5.88 Å². The van der Waals surface area contributed by atoms with Crippen molar-refractivity contribution >= 4 is 5.82 Å². The molecule has 1 heterocycles. The molecule has 0 spiro atoms. The highest BCUT2D eigenvalue weighted by molar-refractivity contribution is 5.44. The first kappa shape index (κ1) is 14.8. The van der Waals surface area contributed by atoms with E-state index in [4.69, 9.17) is 10.5 Å². The lowest BCUT2D eigenvalue weighted by Gasteiger charge is -2.25. The summed E-state index contributed by atoms with van der Waals surface area (Å²) in [5, 5.41) is 0. The lowest BCUT2D eigenvalue weighted by atomic mass is 9.85. The van der Waals surface area contributed by atoms with Crippen molar-refractivity contribution in [1.29, 1.82) is 0 Å². The molecule has 4 nitrogen and oxygen atoms in total. The molecule has 0 amide bonds. The number of nitrogens with zero attached hydrogens (tertiary/aromatic N) is 2. The molecule has 110 valence electrons. The average Bonchev–Trinajstić information content (AvgIpc) is 2.43. The summed E-state index contributed by atoms with van der Waals surface area (Å²) in [5.74, 6) is 3.19. The van der Waals surface area contributed by atoms with Crippen molar-refractivity contribution in [1.82, 2.24) is 9.97 Å². The second-order valence-electron chi connectivity index (χ2n) is 5.70. The van der Waals surface area contributed by atoms with Crippen molar-refractivity contribution in [2.75, 3.05) is 12.3 Å². The van der Waals surface area contributed by atoms with Gasteiger partial charge in [0.1, 0.15) is 11.6 Å². The summed E-state index contributed by atoms with van der Waals surface area (Å²) in [4.78, 5) is 8.81. The predicted molar refractivity (Wildman–Crippen MR) is 81.7 cm³/mol. The van der Waals surface area contributed by atoms with E-state index in [2.05, 4.69) is 36.0 Å². The van der Waals surface area contributed by atoms with Gasteiger partial charge in [-0.25, -0.2) is 4.98 Å². The van der Waals surface area contributed by atoms with Gasteiger partial charge in [-0.05, 0) is 38.0 Å². The van der Waals surface area contributed by atoms with E-state index in [1.54, 1.807) is 0 Å². The molecule has 2 unspecified atom stereocenters. The quantitative estimate of drug-likeness (QED) is 0.838. The first-order chi connectivity index (χ1) is 9.61. The monoisotopic (exact) mass is 275 g/mol. The molecule has 0 aliphatic heterocycles. The normalized spacial score (nSPS) is 21.9. The van der Waals surface area contributed by atoms with Gasteiger partial charge in [0, 0.05) is 6.42 Å². The van der Waals surface area contributed by atoms with Gasteiger partial charge in [0.05, 0.1) is 12.2 Å². The molecule has 20 heavy (non-hydrogen) atoms. The molecular formula is C16H25N3O. The van der Waals surface area contributed by atoms with Gasteiger partial charge < -0.3 is 10.5 Å². The van der Waals surface area contributed by atoms with Crippen LogP contribution in [0.5, 0.6) is 5.88 Å². The van der Waals surface area contributed by atoms with Crippen molar-refractivity contribution in [2.24, 2.45) is 11.8 Å². The Hall–Kier alpha value is -1.58. The number of allylic oxidation sites excluding steroid dienone is 2. The molecule has 1 aliphatic rings. The molecule has 2 rings (SSSR count). The van der Waals surface area contributed by atoms with Gasteiger partial charge in [-0.15, -0.1) is 0 Å². The number of anilines is 1. The fraction of sp³-hybridized carbons (Fsp3) is 0.625. The Kier molecular flexibility index (Phi) is 4.99.